The van der Waals surface area contributed by atoms with E-state index < -0.39 is 11.9 Å². The Morgan fingerprint density at radius 1 is 1.10 bits per heavy atom. The van der Waals surface area contributed by atoms with Crippen LogP contribution < -0.4 is 0 Å². The van der Waals surface area contributed by atoms with Gasteiger partial charge in [-0.2, -0.15) is 0 Å². The number of nitrogens with zero attached hydrogens (tertiary/aromatic N) is 1. The number of halogens is 1. The van der Waals surface area contributed by atoms with Gasteiger partial charge in [-0.15, -0.1) is 0 Å². The summed E-state index contributed by atoms with van der Waals surface area (Å²) in [5.41, 5.74) is -0.375. The van der Waals surface area contributed by atoms with Gasteiger partial charge in [-0.3, -0.25) is 9.59 Å². The SMILES string of the molecule is CCCCCCCC(=O)[C@H](C[C@@H](Cl)[N+](C)(C)C)C(=O)O. The van der Waals surface area contributed by atoms with Gasteiger partial charge < -0.3 is 9.59 Å². The molecule has 0 fully saturated rings. The van der Waals surface area contributed by atoms with E-state index in [4.69, 9.17) is 11.6 Å². The van der Waals surface area contributed by atoms with Gasteiger partial charge in [0.1, 0.15) is 11.7 Å². The van der Waals surface area contributed by atoms with Crippen molar-refractivity contribution in [3.8, 4) is 0 Å². The Kier molecular flexibility index (Phi) is 9.06. The van der Waals surface area contributed by atoms with Crippen LogP contribution in [-0.2, 0) is 9.59 Å². The lowest BCUT2D eigenvalue weighted by Crippen LogP contribution is -2.44. The van der Waals surface area contributed by atoms with Crippen LogP contribution in [0.5, 0.6) is 0 Å². The number of rotatable bonds is 11. The molecule has 0 bridgehead atoms. The third-order valence-corrected chi connectivity index (χ3v) is 4.25. The molecule has 0 aliphatic carbocycles. The summed E-state index contributed by atoms with van der Waals surface area (Å²) < 4.78 is 0.440. The van der Waals surface area contributed by atoms with Crippen LogP contribution in [0.2, 0.25) is 0 Å². The lowest BCUT2D eigenvalue weighted by atomic mass is 9.95. The Bertz CT molecular complexity index is 313. The van der Waals surface area contributed by atoms with Gasteiger partial charge >= 0.3 is 5.97 Å². The van der Waals surface area contributed by atoms with Crippen molar-refractivity contribution >= 4 is 23.4 Å². The maximum atomic E-state index is 12.0. The quantitative estimate of drug-likeness (QED) is 0.209. The summed E-state index contributed by atoms with van der Waals surface area (Å²) in [5, 5.41) is 9.21. The number of carbonyl (C=O) groups excluding carboxylic acids is 1. The normalized spacial score (nSPS) is 14.8. The fourth-order valence-corrected chi connectivity index (χ4v) is 2.14. The number of unbranched alkanes of at least 4 members (excludes halogenated alkanes) is 4. The zero-order chi connectivity index (χ0) is 15.8. The van der Waals surface area contributed by atoms with E-state index in [1.165, 1.54) is 6.42 Å². The van der Waals surface area contributed by atoms with Gasteiger partial charge in [0.2, 0.25) is 0 Å². The molecule has 2 atom stereocenters. The molecule has 0 saturated carbocycles. The summed E-state index contributed by atoms with van der Waals surface area (Å²) in [6, 6.07) is 0. The fourth-order valence-electron chi connectivity index (χ4n) is 1.96. The predicted molar refractivity (Wildman–Crippen MR) is 81.8 cm³/mol. The second kappa shape index (κ2) is 9.35. The summed E-state index contributed by atoms with van der Waals surface area (Å²) in [6.07, 6.45) is 5.74. The van der Waals surface area contributed by atoms with Crippen molar-refractivity contribution in [1.82, 2.24) is 0 Å². The number of carbonyl (C=O) groups is 2. The van der Waals surface area contributed by atoms with Gasteiger partial charge in [0.25, 0.3) is 0 Å². The van der Waals surface area contributed by atoms with Gasteiger partial charge in [0, 0.05) is 12.8 Å². The molecule has 0 spiro atoms. The number of carboxylic acids is 1. The van der Waals surface area contributed by atoms with E-state index in [2.05, 4.69) is 6.92 Å². The number of hydrogen-bond acceptors (Lipinski definition) is 2. The zero-order valence-electron chi connectivity index (χ0n) is 13.2. The molecule has 4 nitrogen and oxygen atoms in total. The maximum Gasteiger partial charge on any atom is 0.314 e. The van der Waals surface area contributed by atoms with E-state index in [0.717, 1.165) is 25.7 Å². The number of carboxylic acid groups (broad SMARTS) is 1. The molecule has 0 saturated heterocycles. The largest absolute Gasteiger partial charge is 0.481 e. The summed E-state index contributed by atoms with van der Waals surface area (Å²) in [5.74, 6) is -2.21. The van der Waals surface area contributed by atoms with Crippen LogP contribution in [0.25, 0.3) is 0 Å². The van der Waals surface area contributed by atoms with Crippen LogP contribution in [0.4, 0.5) is 0 Å². The number of alkyl halides is 1. The predicted octanol–water partition coefficient (Wildman–Crippen LogP) is 3.28. The first-order valence-corrected chi connectivity index (χ1v) is 7.84. The highest BCUT2D eigenvalue weighted by Gasteiger charge is 2.33. The summed E-state index contributed by atoms with van der Waals surface area (Å²) in [7, 11) is 5.68. The number of Topliss-reactive ketones (excluding diaryl/α,β-unsaturated/α-hetero) is 1. The van der Waals surface area contributed by atoms with E-state index in [0.29, 0.717) is 10.9 Å². The molecular formula is C15H29ClNO3+. The summed E-state index contributed by atoms with van der Waals surface area (Å²) >= 11 is 6.20. The molecule has 0 aromatic rings. The molecule has 0 aromatic carbocycles. The lowest BCUT2D eigenvalue weighted by Gasteiger charge is -2.30. The Labute approximate surface area is 127 Å². The lowest BCUT2D eigenvalue weighted by molar-refractivity contribution is -0.883. The van der Waals surface area contributed by atoms with E-state index in [9.17, 15) is 14.7 Å². The topological polar surface area (TPSA) is 54.4 Å². The highest BCUT2D eigenvalue weighted by molar-refractivity contribution is 6.20. The maximum absolute atomic E-state index is 12.0. The van der Waals surface area contributed by atoms with Crippen LogP contribution in [0.1, 0.15) is 51.9 Å². The van der Waals surface area contributed by atoms with Crippen molar-refractivity contribution in [3.63, 3.8) is 0 Å². The molecule has 0 radical (unpaired) electrons. The number of hydrogen-bond donors (Lipinski definition) is 1. The molecule has 1 N–H and O–H groups in total. The molecule has 118 valence electrons. The summed E-state index contributed by atoms with van der Waals surface area (Å²) in [6.45, 7) is 2.14. The van der Waals surface area contributed by atoms with E-state index >= 15 is 0 Å². The molecule has 0 aromatic heterocycles. The average Bonchev–Trinajstić information content (AvgIpc) is 2.33. The van der Waals surface area contributed by atoms with Gasteiger partial charge in [0.15, 0.2) is 5.50 Å². The molecule has 0 amide bonds. The van der Waals surface area contributed by atoms with Crippen LogP contribution in [0.3, 0.4) is 0 Å². The van der Waals surface area contributed by atoms with Crippen molar-refractivity contribution in [1.29, 1.82) is 0 Å². The Morgan fingerprint density at radius 3 is 2.10 bits per heavy atom. The second-order valence-electron chi connectivity index (χ2n) is 6.31. The molecule has 0 aliphatic heterocycles. The van der Waals surface area contributed by atoms with Gasteiger partial charge in [-0.05, 0) is 6.42 Å². The van der Waals surface area contributed by atoms with Crippen LogP contribution in [0, 0.1) is 5.92 Å². The molecule has 0 heterocycles. The van der Waals surface area contributed by atoms with Gasteiger partial charge in [0.05, 0.1) is 21.1 Å². The Balaban J connectivity index is 4.31. The van der Waals surface area contributed by atoms with E-state index in [1.807, 2.05) is 21.1 Å². The van der Waals surface area contributed by atoms with Crippen molar-refractivity contribution in [2.24, 2.45) is 5.92 Å². The van der Waals surface area contributed by atoms with E-state index in [1.54, 1.807) is 0 Å². The molecule has 0 aliphatic rings. The Morgan fingerprint density at radius 2 is 1.65 bits per heavy atom. The minimum absolute atomic E-state index is 0.187. The first-order chi connectivity index (χ1) is 9.20. The molecule has 0 rings (SSSR count). The summed E-state index contributed by atoms with van der Waals surface area (Å²) in [4.78, 5) is 23.3. The fraction of sp³-hybridized carbons (Fsp3) is 0.867. The minimum atomic E-state index is -1.05. The first-order valence-electron chi connectivity index (χ1n) is 7.40. The molecular weight excluding hydrogens is 278 g/mol. The first kappa shape index (κ1) is 19.4. The molecule has 5 heteroatoms. The minimum Gasteiger partial charge on any atom is -0.481 e. The van der Waals surface area contributed by atoms with Crippen molar-refractivity contribution in [2.75, 3.05) is 21.1 Å². The van der Waals surface area contributed by atoms with E-state index in [-0.39, 0.29) is 17.7 Å². The molecule has 20 heavy (non-hydrogen) atoms. The highest BCUT2D eigenvalue weighted by atomic mass is 35.5. The smallest absolute Gasteiger partial charge is 0.314 e. The monoisotopic (exact) mass is 306 g/mol. The standard InChI is InChI=1S/C15H28ClNO3/c1-5-6-7-8-9-10-13(18)12(15(19)20)11-14(16)17(2,3)4/h12,14H,5-11H2,1-4H3/p+1/t12-,14-/m0/s1. The molecule has 0 unspecified atom stereocenters. The average molecular weight is 307 g/mol. The third kappa shape index (κ3) is 7.85. The number of quaternary nitrogens is 1. The third-order valence-electron chi connectivity index (χ3n) is 3.48. The Hall–Kier alpha value is -0.610. The number of ketones is 1. The van der Waals surface area contributed by atoms with Crippen LogP contribution in [-0.4, -0.2) is 48.0 Å². The van der Waals surface area contributed by atoms with Crippen LogP contribution in [0.15, 0.2) is 0 Å². The van der Waals surface area contributed by atoms with Crippen molar-refractivity contribution in [2.45, 2.75) is 57.4 Å². The van der Waals surface area contributed by atoms with Gasteiger partial charge in [-0.25, -0.2) is 0 Å². The van der Waals surface area contributed by atoms with Crippen molar-refractivity contribution < 1.29 is 19.2 Å². The number of aliphatic carboxylic acids is 1. The van der Waals surface area contributed by atoms with Crippen molar-refractivity contribution in [3.05, 3.63) is 0 Å². The zero-order valence-corrected chi connectivity index (χ0v) is 13.9. The van der Waals surface area contributed by atoms with Crippen LogP contribution >= 0.6 is 11.6 Å². The second-order valence-corrected chi connectivity index (χ2v) is 6.81. The highest BCUT2D eigenvalue weighted by Crippen LogP contribution is 2.21. The van der Waals surface area contributed by atoms with Gasteiger partial charge in [-0.1, -0.05) is 44.2 Å².